The molecule has 30 heavy (non-hydrogen) atoms. The second kappa shape index (κ2) is 12.0. The lowest BCUT2D eigenvalue weighted by Gasteiger charge is -2.27. The Hall–Kier alpha value is -1.97. The van der Waals surface area contributed by atoms with Gasteiger partial charge < -0.3 is 4.74 Å². The first-order chi connectivity index (χ1) is 14.7. The summed E-state index contributed by atoms with van der Waals surface area (Å²) in [6.45, 7) is 5.04. The molecular weight excluding hydrogens is 375 g/mol. The van der Waals surface area contributed by atoms with Crippen molar-refractivity contribution in [2.24, 2.45) is 11.8 Å². The summed E-state index contributed by atoms with van der Waals surface area (Å²) in [6, 6.07) is 9.05. The Morgan fingerprint density at radius 1 is 0.933 bits per heavy atom. The summed E-state index contributed by atoms with van der Waals surface area (Å²) < 4.78 is 20.0. The topological polar surface area (TPSA) is 35.0 Å². The van der Waals surface area contributed by atoms with E-state index < -0.39 is 0 Å². The largest absolute Gasteiger partial charge is 0.491 e. The summed E-state index contributed by atoms with van der Waals surface area (Å²) >= 11 is 0. The monoisotopic (exact) mass is 412 g/mol. The van der Waals surface area contributed by atoms with Crippen molar-refractivity contribution >= 4 is 0 Å². The zero-order valence-corrected chi connectivity index (χ0v) is 18.7. The van der Waals surface area contributed by atoms with Crippen molar-refractivity contribution in [3.05, 3.63) is 41.8 Å². The number of hydrogen-bond donors (Lipinski definition) is 0. The van der Waals surface area contributed by atoms with E-state index in [4.69, 9.17) is 4.74 Å². The van der Waals surface area contributed by atoms with E-state index in [1.807, 2.05) is 18.2 Å². The predicted molar refractivity (Wildman–Crippen MR) is 121 cm³/mol. The summed E-state index contributed by atoms with van der Waals surface area (Å²) in [6.07, 6.45) is 13.4. The smallest absolute Gasteiger partial charge is 0.165 e. The number of aryl methyl sites for hydroxylation is 1. The van der Waals surface area contributed by atoms with Crippen molar-refractivity contribution in [1.29, 1.82) is 0 Å². The lowest BCUT2D eigenvalue weighted by Crippen LogP contribution is -2.14. The van der Waals surface area contributed by atoms with Gasteiger partial charge in [-0.15, -0.1) is 0 Å². The van der Waals surface area contributed by atoms with Gasteiger partial charge in [-0.3, -0.25) is 0 Å². The number of rotatable bonds is 11. The predicted octanol–water partition coefficient (Wildman–Crippen LogP) is 7.39. The number of benzene rings is 1. The molecule has 3 rings (SSSR count). The molecule has 1 heterocycles. The standard InChI is InChI=1S/C26H37FN2O/c1-3-5-6-7-18-30-26-17-13-22(19-24(26)27)25-16-15-23(28-29-25)14-12-21-10-8-20(4-2)9-11-21/h13,15-17,19-21H,3-12,14,18H2,1-2H3. The minimum Gasteiger partial charge on any atom is -0.491 e. The molecule has 0 radical (unpaired) electrons. The van der Waals surface area contributed by atoms with Crippen LogP contribution in [0.5, 0.6) is 5.75 Å². The van der Waals surface area contributed by atoms with Crippen LogP contribution in [0, 0.1) is 17.7 Å². The van der Waals surface area contributed by atoms with Gasteiger partial charge in [-0.1, -0.05) is 65.2 Å². The molecule has 0 saturated heterocycles. The first kappa shape index (κ1) is 22.7. The van der Waals surface area contributed by atoms with E-state index >= 15 is 0 Å². The molecule has 1 aromatic heterocycles. The molecule has 0 aliphatic heterocycles. The van der Waals surface area contributed by atoms with Crippen LogP contribution in [0.2, 0.25) is 0 Å². The normalized spacial score (nSPS) is 19.0. The van der Waals surface area contributed by atoms with Crippen molar-refractivity contribution < 1.29 is 9.13 Å². The molecule has 1 aromatic carbocycles. The first-order valence-electron chi connectivity index (χ1n) is 11.9. The molecule has 0 amide bonds. The fourth-order valence-corrected chi connectivity index (χ4v) is 4.42. The van der Waals surface area contributed by atoms with Gasteiger partial charge in [-0.25, -0.2) is 4.39 Å². The summed E-state index contributed by atoms with van der Waals surface area (Å²) in [5, 5.41) is 8.74. The number of ether oxygens (including phenoxy) is 1. The Morgan fingerprint density at radius 3 is 2.40 bits per heavy atom. The fraction of sp³-hybridized carbons (Fsp3) is 0.615. The van der Waals surface area contributed by atoms with Crippen molar-refractivity contribution in [3.8, 4) is 17.0 Å². The van der Waals surface area contributed by atoms with Crippen LogP contribution in [0.3, 0.4) is 0 Å². The molecule has 0 spiro atoms. The van der Waals surface area contributed by atoms with Crippen molar-refractivity contribution in [2.75, 3.05) is 6.61 Å². The third-order valence-electron chi connectivity index (χ3n) is 6.56. The summed E-state index contributed by atoms with van der Waals surface area (Å²) in [5.41, 5.74) is 2.47. The first-order valence-corrected chi connectivity index (χ1v) is 11.9. The molecule has 1 fully saturated rings. The van der Waals surface area contributed by atoms with Crippen LogP contribution in [0.15, 0.2) is 30.3 Å². The molecule has 0 atom stereocenters. The van der Waals surface area contributed by atoms with Gasteiger partial charge in [0.15, 0.2) is 11.6 Å². The van der Waals surface area contributed by atoms with Crippen LogP contribution < -0.4 is 4.74 Å². The molecule has 0 bridgehead atoms. The molecule has 2 aromatic rings. The summed E-state index contributed by atoms with van der Waals surface area (Å²) in [5.74, 6) is 1.76. The molecular formula is C26H37FN2O. The molecule has 1 aliphatic carbocycles. The second-order valence-corrected chi connectivity index (χ2v) is 8.80. The fourth-order valence-electron chi connectivity index (χ4n) is 4.42. The summed E-state index contributed by atoms with van der Waals surface area (Å²) in [4.78, 5) is 0. The molecule has 0 N–H and O–H groups in total. The second-order valence-electron chi connectivity index (χ2n) is 8.80. The van der Waals surface area contributed by atoms with Crippen LogP contribution in [-0.2, 0) is 6.42 Å². The minimum absolute atomic E-state index is 0.317. The van der Waals surface area contributed by atoms with Crippen LogP contribution >= 0.6 is 0 Å². The van der Waals surface area contributed by atoms with E-state index in [0.717, 1.165) is 42.4 Å². The number of hydrogen-bond acceptors (Lipinski definition) is 3. The van der Waals surface area contributed by atoms with Gasteiger partial charge in [0.2, 0.25) is 0 Å². The average molecular weight is 413 g/mol. The highest BCUT2D eigenvalue weighted by atomic mass is 19.1. The van der Waals surface area contributed by atoms with Crippen molar-refractivity contribution in [3.63, 3.8) is 0 Å². The van der Waals surface area contributed by atoms with Gasteiger partial charge >= 0.3 is 0 Å². The van der Waals surface area contributed by atoms with Crippen LogP contribution in [0.1, 0.15) is 83.7 Å². The maximum atomic E-state index is 14.4. The van der Waals surface area contributed by atoms with Gasteiger partial charge in [-0.05, 0) is 61.4 Å². The maximum Gasteiger partial charge on any atom is 0.165 e. The quantitative estimate of drug-likeness (QED) is 0.361. The number of nitrogens with zero attached hydrogens (tertiary/aromatic N) is 2. The highest BCUT2D eigenvalue weighted by molar-refractivity contribution is 5.59. The van der Waals surface area contributed by atoms with Gasteiger partial charge in [0, 0.05) is 5.56 Å². The molecule has 1 aliphatic rings. The maximum absolute atomic E-state index is 14.4. The van der Waals surface area contributed by atoms with Crippen LogP contribution in [0.4, 0.5) is 4.39 Å². The van der Waals surface area contributed by atoms with Crippen molar-refractivity contribution in [1.82, 2.24) is 10.2 Å². The molecule has 4 heteroatoms. The lowest BCUT2D eigenvalue weighted by atomic mass is 9.79. The Morgan fingerprint density at radius 2 is 1.73 bits per heavy atom. The van der Waals surface area contributed by atoms with E-state index in [1.54, 1.807) is 6.07 Å². The Labute approximate surface area is 181 Å². The number of halogens is 1. The van der Waals surface area contributed by atoms with E-state index in [1.165, 1.54) is 57.4 Å². The zero-order valence-electron chi connectivity index (χ0n) is 18.7. The van der Waals surface area contributed by atoms with Gasteiger partial charge in [-0.2, -0.15) is 10.2 Å². The van der Waals surface area contributed by atoms with Gasteiger partial charge in [0.25, 0.3) is 0 Å². The zero-order chi connectivity index (χ0) is 21.2. The Balaban J connectivity index is 1.48. The average Bonchev–Trinajstić information content (AvgIpc) is 2.79. The number of unbranched alkanes of at least 4 members (excludes halogenated alkanes) is 3. The number of aromatic nitrogens is 2. The van der Waals surface area contributed by atoms with E-state index in [2.05, 4.69) is 24.0 Å². The van der Waals surface area contributed by atoms with Crippen molar-refractivity contribution in [2.45, 2.75) is 84.5 Å². The highest BCUT2D eigenvalue weighted by Gasteiger charge is 2.19. The molecule has 3 nitrogen and oxygen atoms in total. The van der Waals surface area contributed by atoms with E-state index in [0.29, 0.717) is 18.1 Å². The minimum atomic E-state index is -0.337. The Bertz CT molecular complexity index is 754. The molecule has 0 unspecified atom stereocenters. The van der Waals surface area contributed by atoms with Gasteiger partial charge in [0.05, 0.1) is 18.0 Å². The lowest BCUT2D eigenvalue weighted by molar-refractivity contribution is 0.258. The van der Waals surface area contributed by atoms with Crippen LogP contribution in [0.25, 0.3) is 11.3 Å². The summed E-state index contributed by atoms with van der Waals surface area (Å²) in [7, 11) is 0. The Kier molecular flexibility index (Phi) is 9.10. The van der Waals surface area contributed by atoms with E-state index in [-0.39, 0.29) is 5.82 Å². The highest BCUT2D eigenvalue weighted by Crippen LogP contribution is 2.33. The third kappa shape index (κ3) is 6.78. The third-order valence-corrected chi connectivity index (χ3v) is 6.56. The molecule has 164 valence electrons. The molecule has 1 saturated carbocycles. The van der Waals surface area contributed by atoms with Gasteiger partial charge in [0.1, 0.15) is 0 Å². The van der Waals surface area contributed by atoms with Crippen LogP contribution in [-0.4, -0.2) is 16.8 Å². The van der Waals surface area contributed by atoms with E-state index in [9.17, 15) is 4.39 Å². The SMILES string of the molecule is CCCCCCOc1ccc(-c2ccc(CCC3CCC(CC)CC3)nn2)cc1F.